The van der Waals surface area contributed by atoms with Crippen LogP contribution in [0, 0.1) is 6.92 Å². The first-order chi connectivity index (χ1) is 11.0. The number of carboxylic acid groups (broad SMARTS) is 1. The van der Waals surface area contributed by atoms with Gasteiger partial charge < -0.3 is 10.0 Å². The van der Waals surface area contributed by atoms with Crippen molar-refractivity contribution in [3.8, 4) is 11.1 Å². The minimum Gasteiger partial charge on any atom is -0.478 e. The van der Waals surface area contributed by atoms with Gasteiger partial charge >= 0.3 is 5.97 Å². The van der Waals surface area contributed by atoms with E-state index >= 15 is 0 Å². The van der Waals surface area contributed by atoms with Gasteiger partial charge in [-0.1, -0.05) is 19.1 Å². The lowest BCUT2D eigenvalue weighted by Crippen LogP contribution is -2.27. The maximum atomic E-state index is 12.0. The van der Waals surface area contributed by atoms with E-state index in [1.165, 1.54) is 5.56 Å². The highest BCUT2D eigenvalue weighted by molar-refractivity contribution is 5.96. The number of aryl methyl sites for hydroxylation is 1. The predicted octanol–water partition coefficient (Wildman–Crippen LogP) is 3.66. The van der Waals surface area contributed by atoms with Gasteiger partial charge in [-0.25, -0.2) is 4.79 Å². The molecule has 1 heterocycles. The lowest BCUT2D eigenvalue weighted by molar-refractivity contribution is -0.118. The molecule has 0 bridgehead atoms. The van der Waals surface area contributed by atoms with Crippen molar-refractivity contribution in [3.05, 3.63) is 53.1 Å². The summed E-state index contributed by atoms with van der Waals surface area (Å²) in [5.74, 6) is -0.763. The normalized spacial score (nSPS) is 13.0. The largest absolute Gasteiger partial charge is 0.478 e. The van der Waals surface area contributed by atoms with Crippen molar-refractivity contribution in [2.24, 2.45) is 0 Å². The van der Waals surface area contributed by atoms with Gasteiger partial charge in [-0.15, -0.1) is 0 Å². The predicted molar refractivity (Wildman–Crippen MR) is 89.9 cm³/mol. The zero-order chi connectivity index (χ0) is 16.6. The second-order valence-electron chi connectivity index (χ2n) is 5.83. The molecule has 2 aromatic carbocycles. The number of aromatic carboxylic acids is 1. The van der Waals surface area contributed by atoms with Gasteiger partial charge in [0.2, 0.25) is 5.91 Å². The summed E-state index contributed by atoms with van der Waals surface area (Å²) in [5, 5.41) is 9.06. The van der Waals surface area contributed by atoms with E-state index in [0.717, 1.165) is 35.3 Å². The topological polar surface area (TPSA) is 57.6 Å². The third-order valence-electron chi connectivity index (χ3n) is 4.36. The molecule has 0 spiro atoms. The number of benzene rings is 2. The lowest BCUT2D eigenvalue weighted by Gasteiger charge is -2.17. The summed E-state index contributed by atoms with van der Waals surface area (Å²) in [6, 6.07) is 11.3. The highest BCUT2D eigenvalue weighted by atomic mass is 16.4. The first-order valence-electron chi connectivity index (χ1n) is 7.79. The Hall–Kier alpha value is -2.62. The molecule has 2 aromatic rings. The van der Waals surface area contributed by atoms with E-state index in [0.29, 0.717) is 12.0 Å². The highest BCUT2D eigenvalue weighted by Crippen LogP contribution is 2.34. The van der Waals surface area contributed by atoms with Crippen LogP contribution >= 0.6 is 0 Å². The summed E-state index contributed by atoms with van der Waals surface area (Å²) in [4.78, 5) is 24.8. The molecule has 0 saturated carbocycles. The molecule has 0 saturated heterocycles. The molecule has 0 atom stereocenters. The van der Waals surface area contributed by atoms with Crippen LogP contribution in [0.1, 0.15) is 34.8 Å². The van der Waals surface area contributed by atoms with Gasteiger partial charge in [0.25, 0.3) is 0 Å². The molecule has 0 aromatic heterocycles. The number of anilines is 1. The zero-order valence-corrected chi connectivity index (χ0v) is 13.3. The molecule has 4 heteroatoms. The number of nitrogens with zero attached hydrogens (tertiary/aromatic N) is 1. The van der Waals surface area contributed by atoms with Crippen molar-refractivity contribution < 1.29 is 14.7 Å². The van der Waals surface area contributed by atoms with E-state index in [2.05, 4.69) is 6.07 Å². The average Bonchev–Trinajstić information content (AvgIpc) is 2.97. The van der Waals surface area contributed by atoms with Crippen molar-refractivity contribution >= 4 is 17.6 Å². The van der Waals surface area contributed by atoms with Crippen molar-refractivity contribution in [1.29, 1.82) is 0 Å². The number of hydrogen-bond acceptors (Lipinski definition) is 2. The standard InChI is InChI=1S/C19H19NO3/c1-3-18(21)20-9-8-14-11-13(5-7-17(14)20)16-6-4-15(19(22)23)10-12(16)2/h4-7,10-11H,3,8-9H2,1-2H3,(H,22,23). The molecule has 1 aliphatic rings. The Kier molecular flexibility index (Phi) is 3.90. The highest BCUT2D eigenvalue weighted by Gasteiger charge is 2.23. The van der Waals surface area contributed by atoms with Crippen LogP contribution in [0.4, 0.5) is 5.69 Å². The number of carboxylic acids is 1. The number of fused-ring (bicyclic) bond motifs is 1. The second kappa shape index (κ2) is 5.88. The Bertz CT molecular complexity index is 795. The van der Waals surface area contributed by atoms with Crippen LogP contribution in [-0.4, -0.2) is 23.5 Å². The Balaban J connectivity index is 1.98. The fourth-order valence-corrected chi connectivity index (χ4v) is 3.14. The van der Waals surface area contributed by atoms with Gasteiger partial charge in [0.05, 0.1) is 5.56 Å². The van der Waals surface area contributed by atoms with Crippen LogP contribution in [0.25, 0.3) is 11.1 Å². The molecule has 0 fully saturated rings. The maximum Gasteiger partial charge on any atom is 0.335 e. The number of hydrogen-bond donors (Lipinski definition) is 1. The second-order valence-corrected chi connectivity index (χ2v) is 5.83. The first-order valence-corrected chi connectivity index (χ1v) is 7.79. The molecular weight excluding hydrogens is 290 g/mol. The molecule has 23 heavy (non-hydrogen) atoms. The fourth-order valence-electron chi connectivity index (χ4n) is 3.14. The van der Waals surface area contributed by atoms with Crippen LogP contribution in [0.2, 0.25) is 0 Å². The van der Waals surface area contributed by atoms with Crippen molar-refractivity contribution in [1.82, 2.24) is 0 Å². The van der Waals surface area contributed by atoms with Gasteiger partial charge in [-0.2, -0.15) is 0 Å². The zero-order valence-electron chi connectivity index (χ0n) is 13.3. The quantitative estimate of drug-likeness (QED) is 0.941. The van der Waals surface area contributed by atoms with Crippen LogP contribution < -0.4 is 4.90 Å². The van der Waals surface area contributed by atoms with Gasteiger partial charge in [0.1, 0.15) is 0 Å². The molecular formula is C19H19NO3. The van der Waals surface area contributed by atoms with Crippen LogP contribution in [-0.2, 0) is 11.2 Å². The molecule has 1 aliphatic heterocycles. The molecule has 4 nitrogen and oxygen atoms in total. The van der Waals surface area contributed by atoms with E-state index in [1.54, 1.807) is 12.1 Å². The summed E-state index contributed by atoms with van der Waals surface area (Å²) in [5.41, 5.74) is 5.49. The van der Waals surface area contributed by atoms with Gasteiger partial charge in [-0.05, 0) is 59.9 Å². The monoisotopic (exact) mass is 309 g/mol. The molecule has 0 aliphatic carbocycles. The van der Waals surface area contributed by atoms with E-state index in [4.69, 9.17) is 5.11 Å². The smallest absolute Gasteiger partial charge is 0.335 e. The van der Waals surface area contributed by atoms with Crippen LogP contribution in [0.5, 0.6) is 0 Å². The summed E-state index contributed by atoms with van der Waals surface area (Å²) in [7, 11) is 0. The molecule has 3 rings (SSSR count). The average molecular weight is 309 g/mol. The van der Waals surface area contributed by atoms with Crippen LogP contribution in [0.15, 0.2) is 36.4 Å². The third kappa shape index (κ3) is 2.72. The van der Waals surface area contributed by atoms with Gasteiger partial charge in [0, 0.05) is 18.7 Å². The number of rotatable bonds is 3. The Morgan fingerprint density at radius 3 is 2.61 bits per heavy atom. The van der Waals surface area contributed by atoms with Gasteiger partial charge in [-0.3, -0.25) is 4.79 Å². The van der Waals surface area contributed by atoms with Crippen molar-refractivity contribution in [2.75, 3.05) is 11.4 Å². The molecule has 1 amide bonds. The SMILES string of the molecule is CCC(=O)N1CCc2cc(-c3ccc(C(=O)O)cc3C)ccc21. The first kappa shape index (κ1) is 15.3. The van der Waals surface area contributed by atoms with Crippen molar-refractivity contribution in [2.45, 2.75) is 26.7 Å². The van der Waals surface area contributed by atoms with E-state index < -0.39 is 5.97 Å². The van der Waals surface area contributed by atoms with E-state index in [-0.39, 0.29) is 5.91 Å². The minimum absolute atomic E-state index is 0.151. The minimum atomic E-state index is -0.915. The van der Waals surface area contributed by atoms with Crippen molar-refractivity contribution in [3.63, 3.8) is 0 Å². The lowest BCUT2D eigenvalue weighted by atomic mass is 9.96. The summed E-state index contributed by atoms with van der Waals surface area (Å²) in [6.45, 7) is 4.53. The number of carbonyl (C=O) groups excluding carboxylic acids is 1. The molecule has 0 radical (unpaired) electrons. The third-order valence-corrected chi connectivity index (χ3v) is 4.36. The molecule has 118 valence electrons. The number of amides is 1. The summed E-state index contributed by atoms with van der Waals surface area (Å²) in [6.07, 6.45) is 1.37. The maximum absolute atomic E-state index is 12.0. The Labute approximate surface area is 135 Å². The van der Waals surface area contributed by atoms with Gasteiger partial charge in [0.15, 0.2) is 0 Å². The molecule has 1 N–H and O–H groups in total. The summed E-state index contributed by atoms with van der Waals surface area (Å²) < 4.78 is 0. The van der Waals surface area contributed by atoms with E-state index in [1.807, 2.05) is 36.9 Å². The van der Waals surface area contributed by atoms with Crippen LogP contribution in [0.3, 0.4) is 0 Å². The number of carbonyl (C=O) groups is 2. The fraction of sp³-hybridized carbons (Fsp3) is 0.263. The molecule has 0 unspecified atom stereocenters. The Morgan fingerprint density at radius 1 is 1.17 bits per heavy atom. The summed E-state index contributed by atoms with van der Waals surface area (Å²) >= 11 is 0. The van der Waals surface area contributed by atoms with E-state index in [9.17, 15) is 9.59 Å². The Morgan fingerprint density at radius 2 is 1.96 bits per heavy atom.